The largest absolute Gasteiger partial charge is 0.491 e. The van der Waals surface area contributed by atoms with Crippen LogP contribution in [-0.4, -0.2) is 6.10 Å². The molecule has 0 spiro atoms. The van der Waals surface area contributed by atoms with E-state index in [1.54, 1.807) is 12.1 Å². The molecular formula is C11H12ClNO. The first kappa shape index (κ1) is 10.9. The average molecular weight is 210 g/mol. The Balaban J connectivity index is 3.11. The van der Waals surface area contributed by atoms with Crippen molar-refractivity contribution in [2.24, 2.45) is 0 Å². The van der Waals surface area contributed by atoms with Crippen LogP contribution in [0.2, 0.25) is 5.02 Å². The minimum absolute atomic E-state index is 0.0836. The Morgan fingerprint density at radius 1 is 1.43 bits per heavy atom. The van der Waals surface area contributed by atoms with E-state index in [4.69, 9.17) is 21.6 Å². The van der Waals surface area contributed by atoms with Gasteiger partial charge in [0, 0.05) is 5.02 Å². The molecule has 1 aromatic rings. The van der Waals surface area contributed by atoms with Crippen molar-refractivity contribution >= 4 is 11.6 Å². The number of rotatable bonds is 2. The Bertz CT molecular complexity index is 380. The van der Waals surface area contributed by atoms with Crippen LogP contribution in [0.1, 0.15) is 25.0 Å². The topological polar surface area (TPSA) is 33.0 Å². The lowest BCUT2D eigenvalue weighted by atomic mass is 10.1. The minimum atomic E-state index is 0.0836. The van der Waals surface area contributed by atoms with Gasteiger partial charge in [-0.2, -0.15) is 5.26 Å². The molecule has 14 heavy (non-hydrogen) atoms. The summed E-state index contributed by atoms with van der Waals surface area (Å²) in [5.74, 6) is 0.646. The van der Waals surface area contributed by atoms with Crippen molar-refractivity contribution in [3.05, 3.63) is 28.3 Å². The summed E-state index contributed by atoms with van der Waals surface area (Å²) in [6, 6.07) is 5.53. The van der Waals surface area contributed by atoms with Gasteiger partial charge in [-0.05, 0) is 38.5 Å². The molecule has 3 heteroatoms. The number of halogens is 1. The Kier molecular flexibility index (Phi) is 3.38. The summed E-state index contributed by atoms with van der Waals surface area (Å²) in [5, 5.41) is 9.41. The van der Waals surface area contributed by atoms with E-state index in [0.29, 0.717) is 16.3 Å². The predicted octanol–water partition coefficient (Wildman–Crippen LogP) is 3.31. The van der Waals surface area contributed by atoms with Crippen molar-refractivity contribution in [3.8, 4) is 11.8 Å². The molecule has 0 aliphatic carbocycles. The maximum Gasteiger partial charge on any atom is 0.122 e. The molecule has 0 atom stereocenters. The lowest BCUT2D eigenvalue weighted by molar-refractivity contribution is 0.242. The highest BCUT2D eigenvalue weighted by molar-refractivity contribution is 6.31. The van der Waals surface area contributed by atoms with Gasteiger partial charge in [-0.1, -0.05) is 11.6 Å². The van der Waals surface area contributed by atoms with Crippen molar-refractivity contribution in [3.63, 3.8) is 0 Å². The monoisotopic (exact) mass is 209 g/mol. The van der Waals surface area contributed by atoms with E-state index >= 15 is 0 Å². The molecule has 0 aliphatic rings. The second-order valence-electron chi connectivity index (χ2n) is 3.36. The molecule has 0 radical (unpaired) electrons. The summed E-state index contributed by atoms with van der Waals surface area (Å²) >= 11 is 5.95. The third-order valence-electron chi connectivity index (χ3n) is 1.81. The van der Waals surface area contributed by atoms with Crippen LogP contribution < -0.4 is 4.74 Å². The van der Waals surface area contributed by atoms with Crippen molar-refractivity contribution in [2.45, 2.75) is 26.9 Å². The molecule has 0 fully saturated rings. The second kappa shape index (κ2) is 4.34. The highest BCUT2D eigenvalue weighted by atomic mass is 35.5. The van der Waals surface area contributed by atoms with E-state index < -0.39 is 0 Å². The molecule has 1 aromatic carbocycles. The molecule has 0 N–H and O–H groups in total. The van der Waals surface area contributed by atoms with Gasteiger partial charge in [0.15, 0.2) is 0 Å². The number of hydrogen-bond acceptors (Lipinski definition) is 2. The second-order valence-corrected chi connectivity index (χ2v) is 3.76. The lowest BCUT2D eigenvalue weighted by Gasteiger charge is -2.11. The summed E-state index contributed by atoms with van der Waals surface area (Å²) in [6.45, 7) is 5.68. The molecule has 0 bridgehead atoms. The summed E-state index contributed by atoms with van der Waals surface area (Å²) in [4.78, 5) is 0. The van der Waals surface area contributed by atoms with Crippen molar-refractivity contribution in [1.29, 1.82) is 5.26 Å². The Labute approximate surface area is 89.1 Å². The third-order valence-corrected chi connectivity index (χ3v) is 2.20. The zero-order valence-corrected chi connectivity index (χ0v) is 9.22. The van der Waals surface area contributed by atoms with Gasteiger partial charge in [0.05, 0.1) is 17.7 Å². The normalized spacial score (nSPS) is 10.0. The molecule has 0 unspecified atom stereocenters. The van der Waals surface area contributed by atoms with Crippen molar-refractivity contribution in [1.82, 2.24) is 0 Å². The molecule has 2 nitrogen and oxygen atoms in total. The van der Waals surface area contributed by atoms with Crippen molar-refractivity contribution in [2.75, 3.05) is 0 Å². The van der Waals surface area contributed by atoms with Crippen LogP contribution in [0.25, 0.3) is 0 Å². The molecule has 0 saturated carbocycles. The van der Waals surface area contributed by atoms with Crippen LogP contribution in [0.5, 0.6) is 5.75 Å². The average Bonchev–Trinajstić information content (AvgIpc) is 2.10. The van der Waals surface area contributed by atoms with Crippen LogP contribution in [0.4, 0.5) is 0 Å². The van der Waals surface area contributed by atoms with Crippen LogP contribution in [0.3, 0.4) is 0 Å². The SMILES string of the molecule is Cc1c(Cl)cc(OC(C)C)cc1C#N. The van der Waals surface area contributed by atoms with E-state index in [9.17, 15) is 0 Å². The molecule has 74 valence electrons. The van der Waals surface area contributed by atoms with Crippen LogP contribution in [-0.2, 0) is 0 Å². The minimum Gasteiger partial charge on any atom is -0.491 e. The van der Waals surface area contributed by atoms with Gasteiger partial charge in [0.2, 0.25) is 0 Å². The summed E-state index contributed by atoms with van der Waals surface area (Å²) in [7, 11) is 0. The quantitative estimate of drug-likeness (QED) is 0.749. The zero-order chi connectivity index (χ0) is 10.7. The fourth-order valence-corrected chi connectivity index (χ4v) is 1.32. The number of benzene rings is 1. The molecule has 0 aromatic heterocycles. The third kappa shape index (κ3) is 2.40. The van der Waals surface area contributed by atoms with E-state index in [1.165, 1.54) is 0 Å². The summed E-state index contributed by atoms with van der Waals surface area (Å²) < 4.78 is 5.46. The smallest absolute Gasteiger partial charge is 0.122 e. The maximum absolute atomic E-state index is 8.84. The lowest BCUT2D eigenvalue weighted by Crippen LogP contribution is -2.05. The highest BCUT2D eigenvalue weighted by Crippen LogP contribution is 2.26. The van der Waals surface area contributed by atoms with Gasteiger partial charge < -0.3 is 4.74 Å². The predicted molar refractivity (Wildman–Crippen MR) is 56.7 cm³/mol. The highest BCUT2D eigenvalue weighted by Gasteiger charge is 2.06. The number of nitrogens with zero attached hydrogens (tertiary/aromatic N) is 1. The van der Waals surface area contributed by atoms with Crippen LogP contribution >= 0.6 is 11.6 Å². The van der Waals surface area contributed by atoms with Crippen LogP contribution in [0, 0.1) is 18.3 Å². The summed E-state index contributed by atoms with van der Waals surface area (Å²) in [6.07, 6.45) is 0.0836. The molecule has 1 rings (SSSR count). The first-order chi connectivity index (χ1) is 6.54. The number of hydrogen-bond donors (Lipinski definition) is 0. The van der Waals surface area contributed by atoms with E-state index in [1.807, 2.05) is 20.8 Å². The van der Waals surface area contributed by atoms with Crippen molar-refractivity contribution < 1.29 is 4.74 Å². The van der Waals surface area contributed by atoms with E-state index in [-0.39, 0.29) is 6.10 Å². The maximum atomic E-state index is 8.84. The van der Waals surface area contributed by atoms with Gasteiger partial charge in [0.1, 0.15) is 5.75 Å². The summed E-state index contributed by atoms with van der Waals surface area (Å²) in [5.41, 5.74) is 1.36. The van der Waals surface area contributed by atoms with Gasteiger partial charge in [-0.25, -0.2) is 0 Å². The van der Waals surface area contributed by atoms with Gasteiger partial charge in [0.25, 0.3) is 0 Å². The molecule has 0 aliphatic heterocycles. The Morgan fingerprint density at radius 2 is 2.07 bits per heavy atom. The molecular weight excluding hydrogens is 198 g/mol. The molecule has 0 saturated heterocycles. The Morgan fingerprint density at radius 3 is 2.57 bits per heavy atom. The van der Waals surface area contributed by atoms with E-state index in [0.717, 1.165) is 5.56 Å². The fraction of sp³-hybridized carbons (Fsp3) is 0.364. The first-order valence-corrected chi connectivity index (χ1v) is 4.79. The van der Waals surface area contributed by atoms with E-state index in [2.05, 4.69) is 6.07 Å². The van der Waals surface area contributed by atoms with Gasteiger partial charge in [-0.15, -0.1) is 0 Å². The van der Waals surface area contributed by atoms with Gasteiger partial charge in [-0.3, -0.25) is 0 Å². The van der Waals surface area contributed by atoms with Crippen LogP contribution in [0.15, 0.2) is 12.1 Å². The Hall–Kier alpha value is -1.20. The zero-order valence-electron chi connectivity index (χ0n) is 8.47. The standard InChI is InChI=1S/C11H12ClNO/c1-7(2)14-10-4-9(6-13)8(3)11(12)5-10/h4-5,7H,1-3H3. The fourth-order valence-electron chi connectivity index (χ4n) is 1.11. The van der Waals surface area contributed by atoms with Gasteiger partial charge >= 0.3 is 0 Å². The molecule has 0 amide bonds. The number of nitriles is 1. The first-order valence-electron chi connectivity index (χ1n) is 4.41. The number of ether oxygens (including phenoxy) is 1. The molecule has 0 heterocycles.